The van der Waals surface area contributed by atoms with Crippen LogP contribution < -0.4 is 0 Å². The van der Waals surface area contributed by atoms with Gasteiger partial charge in [-0.2, -0.15) is 0 Å². The van der Waals surface area contributed by atoms with Gasteiger partial charge in [-0.1, -0.05) is 6.92 Å². The number of hydrogen-bond acceptors (Lipinski definition) is 3. The zero-order chi connectivity index (χ0) is 15.0. The molecule has 2 aromatic rings. The molecule has 2 aromatic heterocycles. The Kier molecular flexibility index (Phi) is 3.68. The molecule has 112 valence electrons. The van der Waals surface area contributed by atoms with Gasteiger partial charge in [0.25, 0.3) is 0 Å². The third-order valence-electron chi connectivity index (χ3n) is 4.43. The quantitative estimate of drug-likeness (QED) is 0.942. The largest absolute Gasteiger partial charge is 0.476 e. The van der Waals surface area contributed by atoms with Crippen LogP contribution in [-0.2, 0) is 0 Å². The molecule has 0 aliphatic carbocycles. The number of fused-ring (bicyclic) bond motifs is 1. The summed E-state index contributed by atoms with van der Waals surface area (Å²) in [5.74, 6) is 0.296. The van der Waals surface area contributed by atoms with Crippen molar-refractivity contribution in [2.24, 2.45) is 0 Å². The summed E-state index contributed by atoms with van der Waals surface area (Å²) in [6, 6.07) is 3.91. The lowest BCUT2D eigenvalue weighted by atomic mass is 9.96. The number of aromatic carboxylic acids is 1. The Hall–Kier alpha value is -1.88. The zero-order valence-corrected chi connectivity index (χ0v) is 12.5. The smallest absolute Gasteiger partial charge is 0.356 e. The second-order valence-corrected chi connectivity index (χ2v) is 5.79. The van der Waals surface area contributed by atoms with Gasteiger partial charge in [-0.25, -0.2) is 9.78 Å². The summed E-state index contributed by atoms with van der Waals surface area (Å²) in [5.41, 5.74) is 1.93. The van der Waals surface area contributed by atoms with Crippen LogP contribution in [0.4, 0.5) is 0 Å². The summed E-state index contributed by atoms with van der Waals surface area (Å²) < 4.78 is 1.96. The average molecular weight is 287 g/mol. The van der Waals surface area contributed by atoms with Crippen molar-refractivity contribution >= 4 is 11.5 Å². The van der Waals surface area contributed by atoms with Crippen LogP contribution in [0.1, 0.15) is 47.6 Å². The highest BCUT2D eigenvalue weighted by atomic mass is 16.4. The molecule has 1 aliphatic heterocycles. The van der Waals surface area contributed by atoms with E-state index < -0.39 is 5.97 Å². The van der Waals surface area contributed by atoms with E-state index in [1.54, 1.807) is 0 Å². The first-order valence-corrected chi connectivity index (χ1v) is 7.54. The minimum absolute atomic E-state index is 0.173. The lowest BCUT2D eigenvalue weighted by Gasteiger charge is -2.30. The number of imidazole rings is 1. The van der Waals surface area contributed by atoms with Crippen molar-refractivity contribution in [3.63, 3.8) is 0 Å². The molecule has 3 heterocycles. The van der Waals surface area contributed by atoms with Crippen LogP contribution in [0.3, 0.4) is 0 Å². The summed E-state index contributed by atoms with van der Waals surface area (Å²) >= 11 is 0. The minimum atomic E-state index is -0.949. The van der Waals surface area contributed by atoms with Crippen molar-refractivity contribution in [2.75, 3.05) is 19.6 Å². The summed E-state index contributed by atoms with van der Waals surface area (Å²) in [6.45, 7) is 7.35. The number of aryl methyl sites for hydroxylation is 1. The average Bonchev–Trinajstić information content (AvgIpc) is 2.86. The number of likely N-dealkylation sites (tertiary alicyclic amines) is 1. The van der Waals surface area contributed by atoms with Crippen molar-refractivity contribution in [1.82, 2.24) is 14.3 Å². The first-order chi connectivity index (χ1) is 10.1. The van der Waals surface area contributed by atoms with Gasteiger partial charge < -0.3 is 14.4 Å². The fourth-order valence-electron chi connectivity index (χ4n) is 3.17. The Morgan fingerprint density at radius 1 is 1.43 bits per heavy atom. The number of carbonyl (C=O) groups is 1. The van der Waals surface area contributed by atoms with Crippen LogP contribution in [0, 0.1) is 6.92 Å². The second kappa shape index (κ2) is 5.48. The van der Waals surface area contributed by atoms with E-state index in [-0.39, 0.29) is 5.69 Å². The molecule has 1 fully saturated rings. The Bertz CT molecular complexity index is 669. The number of pyridine rings is 1. The molecule has 0 spiro atoms. The molecule has 0 bridgehead atoms. The zero-order valence-electron chi connectivity index (χ0n) is 12.5. The molecule has 3 rings (SSSR count). The Morgan fingerprint density at radius 2 is 2.14 bits per heavy atom. The van der Waals surface area contributed by atoms with E-state index in [0.717, 1.165) is 43.9 Å². The van der Waals surface area contributed by atoms with E-state index in [2.05, 4.69) is 16.8 Å². The highest BCUT2D eigenvalue weighted by Crippen LogP contribution is 2.29. The highest BCUT2D eigenvalue weighted by molar-refractivity contribution is 5.93. The topological polar surface area (TPSA) is 57.8 Å². The molecule has 21 heavy (non-hydrogen) atoms. The first kappa shape index (κ1) is 14.1. The van der Waals surface area contributed by atoms with Crippen molar-refractivity contribution < 1.29 is 9.90 Å². The van der Waals surface area contributed by atoms with Gasteiger partial charge in [0.05, 0.1) is 5.52 Å². The molecular formula is C16H21N3O2. The molecule has 1 saturated heterocycles. The fraction of sp³-hybridized carbons (Fsp3) is 0.500. The maximum absolute atomic E-state index is 11.4. The van der Waals surface area contributed by atoms with Gasteiger partial charge in [-0.15, -0.1) is 0 Å². The molecule has 5 heteroatoms. The third kappa shape index (κ3) is 2.53. The second-order valence-electron chi connectivity index (χ2n) is 5.79. The molecule has 0 aromatic carbocycles. The number of aromatic nitrogens is 2. The van der Waals surface area contributed by atoms with Crippen molar-refractivity contribution in [3.8, 4) is 0 Å². The lowest BCUT2D eigenvalue weighted by Crippen LogP contribution is -2.33. The summed E-state index contributed by atoms with van der Waals surface area (Å²) in [6.07, 6.45) is 4.03. The maximum Gasteiger partial charge on any atom is 0.356 e. The van der Waals surface area contributed by atoms with Gasteiger partial charge in [0.1, 0.15) is 5.82 Å². The molecule has 0 unspecified atom stereocenters. The fourth-order valence-corrected chi connectivity index (χ4v) is 3.17. The van der Waals surface area contributed by atoms with E-state index >= 15 is 0 Å². The van der Waals surface area contributed by atoms with E-state index in [9.17, 15) is 9.90 Å². The van der Waals surface area contributed by atoms with E-state index in [0.29, 0.717) is 11.4 Å². The Labute approximate surface area is 124 Å². The van der Waals surface area contributed by atoms with Gasteiger partial charge >= 0.3 is 5.97 Å². The first-order valence-electron chi connectivity index (χ1n) is 7.54. The van der Waals surface area contributed by atoms with Crippen LogP contribution >= 0.6 is 0 Å². The number of hydrogen-bond donors (Lipinski definition) is 1. The minimum Gasteiger partial charge on any atom is -0.476 e. The number of rotatable bonds is 3. The monoisotopic (exact) mass is 287 g/mol. The molecule has 5 nitrogen and oxygen atoms in total. The van der Waals surface area contributed by atoms with Gasteiger partial charge in [0, 0.05) is 12.1 Å². The van der Waals surface area contributed by atoms with E-state index in [4.69, 9.17) is 0 Å². The molecule has 0 atom stereocenters. The predicted molar refractivity (Wildman–Crippen MR) is 81.0 cm³/mol. The maximum atomic E-state index is 11.4. The normalized spacial score (nSPS) is 17.4. The number of carboxylic acid groups (broad SMARTS) is 1. The van der Waals surface area contributed by atoms with Crippen molar-refractivity contribution in [3.05, 3.63) is 35.4 Å². The molecule has 1 aliphatic rings. The van der Waals surface area contributed by atoms with Gasteiger partial charge in [0.2, 0.25) is 0 Å². The Morgan fingerprint density at radius 3 is 2.76 bits per heavy atom. The van der Waals surface area contributed by atoms with Crippen LogP contribution in [0.5, 0.6) is 0 Å². The molecular weight excluding hydrogens is 266 g/mol. The SMILES string of the molecule is CCN1CCC(c2nc(C(=O)O)c3cc(C)ccn23)CC1. The summed E-state index contributed by atoms with van der Waals surface area (Å²) in [4.78, 5) is 18.3. The van der Waals surface area contributed by atoms with Crippen LogP contribution in [0.2, 0.25) is 0 Å². The Balaban J connectivity index is 2.01. The predicted octanol–water partition coefficient (Wildman–Crippen LogP) is 2.54. The summed E-state index contributed by atoms with van der Waals surface area (Å²) in [5, 5.41) is 9.38. The number of nitrogens with zero attached hydrogens (tertiary/aromatic N) is 3. The number of piperidine rings is 1. The van der Waals surface area contributed by atoms with Gasteiger partial charge in [-0.05, 0) is 57.1 Å². The molecule has 0 saturated carbocycles. The van der Waals surface area contributed by atoms with Crippen LogP contribution in [0.15, 0.2) is 18.3 Å². The van der Waals surface area contributed by atoms with Crippen molar-refractivity contribution in [2.45, 2.75) is 32.6 Å². The molecule has 0 amide bonds. The van der Waals surface area contributed by atoms with Gasteiger partial charge in [0.15, 0.2) is 5.69 Å². The van der Waals surface area contributed by atoms with Crippen LogP contribution in [0.25, 0.3) is 5.52 Å². The lowest BCUT2D eigenvalue weighted by molar-refractivity contribution is 0.0693. The highest BCUT2D eigenvalue weighted by Gasteiger charge is 2.26. The standard InChI is InChI=1S/C16H21N3O2/c1-3-18-7-5-12(6-8-18)15-17-14(16(20)21)13-10-11(2)4-9-19(13)15/h4,9-10,12H,3,5-8H2,1-2H3,(H,20,21). The van der Waals surface area contributed by atoms with Crippen molar-refractivity contribution in [1.29, 1.82) is 0 Å². The third-order valence-corrected chi connectivity index (χ3v) is 4.43. The number of carboxylic acids is 1. The van der Waals surface area contributed by atoms with Crippen LogP contribution in [-0.4, -0.2) is 45.0 Å². The molecule has 0 radical (unpaired) electrons. The van der Waals surface area contributed by atoms with E-state index in [1.165, 1.54) is 0 Å². The van der Waals surface area contributed by atoms with Gasteiger partial charge in [-0.3, -0.25) is 0 Å². The van der Waals surface area contributed by atoms with E-state index in [1.807, 2.05) is 29.7 Å². The summed E-state index contributed by atoms with van der Waals surface area (Å²) in [7, 11) is 0. The molecule has 1 N–H and O–H groups in total.